The number of aryl methyl sites for hydroxylation is 1. The van der Waals surface area contributed by atoms with E-state index in [0.29, 0.717) is 22.0 Å². The lowest BCUT2D eigenvalue weighted by Gasteiger charge is -2.18. The summed E-state index contributed by atoms with van der Waals surface area (Å²) in [6.07, 6.45) is 0. The summed E-state index contributed by atoms with van der Waals surface area (Å²) in [5, 5.41) is 11.3. The van der Waals surface area contributed by atoms with Crippen LogP contribution in [0.1, 0.15) is 18.2 Å². The summed E-state index contributed by atoms with van der Waals surface area (Å²) in [6.45, 7) is 3.54. The van der Waals surface area contributed by atoms with Crippen molar-refractivity contribution in [3.8, 4) is 17.2 Å². The zero-order valence-electron chi connectivity index (χ0n) is 17.2. The van der Waals surface area contributed by atoms with Gasteiger partial charge in [-0.15, -0.1) is 21.5 Å². The third-order valence-electron chi connectivity index (χ3n) is 4.39. The van der Waals surface area contributed by atoms with E-state index in [4.69, 9.17) is 9.15 Å². The quantitative estimate of drug-likeness (QED) is 0.343. The average molecular weight is 453 g/mol. The van der Waals surface area contributed by atoms with Crippen molar-refractivity contribution in [1.82, 2.24) is 15.2 Å². The van der Waals surface area contributed by atoms with E-state index < -0.39 is 0 Å². The molecule has 1 amide bonds. The molecule has 0 aliphatic rings. The van der Waals surface area contributed by atoms with Gasteiger partial charge in [-0.2, -0.15) is 0 Å². The molecule has 0 bridgehead atoms. The maximum atomic E-state index is 12.3. The van der Waals surface area contributed by atoms with Crippen molar-refractivity contribution in [3.63, 3.8) is 0 Å². The molecule has 0 N–H and O–H groups in total. The van der Waals surface area contributed by atoms with Gasteiger partial charge < -0.3 is 9.15 Å². The standard InChI is InChI=1S/C22H20N4O3S2/c1-14-5-4-6-18(11-14)26(15(2)27)21-23-17(12-30-21)13-31-22-25-24-20(29-22)16-7-9-19(28-3)10-8-16/h4-12H,13H2,1-3H3. The van der Waals surface area contributed by atoms with Crippen LogP contribution in [0.15, 0.2) is 63.6 Å². The van der Waals surface area contributed by atoms with Crippen molar-refractivity contribution in [3.05, 3.63) is 65.2 Å². The molecule has 0 fully saturated rings. The van der Waals surface area contributed by atoms with Crippen LogP contribution in [0.4, 0.5) is 10.8 Å². The Morgan fingerprint density at radius 3 is 2.71 bits per heavy atom. The third kappa shape index (κ3) is 4.95. The Balaban J connectivity index is 1.44. The summed E-state index contributed by atoms with van der Waals surface area (Å²) >= 11 is 2.83. The van der Waals surface area contributed by atoms with E-state index in [1.807, 2.05) is 60.8 Å². The molecule has 0 spiro atoms. The lowest BCUT2D eigenvalue weighted by Crippen LogP contribution is -2.22. The van der Waals surface area contributed by atoms with Gasteiger partial charge >= 0.3 is 0 Å². The highest BCUT2D eigenvalue weighted by molar-refractivity contribution is 7.98. The summed E-state index contributed by atoms with van der Waals surface area (Å²) in [4.78, 5) is 18.5. The first-order valence-electron chi connectivity index (χ1n) is 9.46. The number of aromatic nitrogens is 3. The number of amides is 1. The molecule has 4 aromatic rings. The largest absolute Gasteiger partial charge is 0.497 e. The molecular weight excluding hydrogens is 432 g/mol. The van der Waals surface area contributed by atoms with Gasteiger partial charge in [0.25, 0.3) is 5.22 Å². The number of thioether (sulfide) groups is 1. The third-order valence-corrected chi connectivity index (χ3v) is 6.12. The molecule has 2 heterocycles. The van der Waals surface area contributed by atoms with Gasteiger partial charge in [0.15, 0.2) is 5.13 Å². The number of thiazole rings is 1. The maximum Gasteiger partial charge on any atom is 0.277 e. The van der Waals surface area contributed by atoms with E-state index in [1.54, 1.807) is 12.0 Å². The number of rotatable bonds is 7. The van der Waals surface area contributed by atoms with Crippen molar-refractivity contribution in [1.29, 1.82) is 0 Å². The molecule has 158 valence electrons. The first-order chi connectivity index (χ1) is 15.0. The Morgan fingerprint density at radius 2 is 2.00 bits per heavy atom. The van der Waals surface area contributed by atoms with E-state index in [2.05, 4.69) is 15.2 Å². The fraction of sp³-hybridized carbons (Fsp3) is 0.182. The van der Waals surface area contributed by atoms with E-state index in [9.17, 15) is 4.79 Å². The smallest absolute Gasteiger partial charge is 0.277 e. The van der Waals surface area contributed by atoms with Crippen molar-refractivity contribution in [2.75, 3.05) is 12.0 Å². The fourth-order valence-electron chi connectivity index (χ4n) is 2.91. The van der Waals surface area contributed by atoms with E-state index in [1.165, 1.54) is 30.0 Å². The van der Waals surface area contributed by atoms with Gasteiger partial charge in [0, 0.05) is 23.6 Å². The van der Waals surface area contributed by atoms with Gasteiger partial charge in [-0.25, -0.2) is 4.98 Å². The summed E-state index contributed by atoms with van der Waals surface area (Å²) < 4.78 is 10.9. The summed E-state index contributed by atoms with van der Waals surface area (Å²) in [5.41, 5.74) is 3.56. The van der Waals surface area contributed by atoms with Crippen LogP contribution in [0.5, 0.6) is 5.75 Å². The number of benzene rings is 2. The van der Waals surface area contributed by atoms with Crippen molar-refractivity contribution in [2.45, 2.75) is 24.8 Å². The zero-order chi connectivity index (χ0) is 21.8. The number of hydrogen-bond donors (Lipinski definition) is 0. The zero-order valence-corrected chi connectivity index (χ0v) is 18.9. The molecule has 0 radical (unpaired) electrons. The molecule has 0 saturated heterocycles. The number of anilines is 2. The maximum absolute atomic E-state index is 12.3. The number of ether oxygens (including phenoxy) is 1. The molecule has 0 atom stereocenters. The van der Waals surface area contributed by atoms with Crippen LogP contribution in [0.3, 0.4) is 0 Å². The molecule has 0 aliphatic heterocycles. The van der Waals surface area contributed by atoms with Crippen molar-refractivity contribution >= 4 is 39.8 Å². The lowest BCUT2D eigenvalue weighted by atomic mass is 10.2. The molecule has 31 heavy (non-hydrogen) atoms. The second-order valence-electron chi connectivity index (χ2n) is 6.71. The highest BCUT2D eigenvalue weighted by Gasteiger charge is 2.18. The average Bonchev–Trinajstić information content (AvgIpc) is 3.42. The van der Waals surface area contributed by atoms with Gasteiger partial charge in [-0.3, -0.25) is 9.69 Å². The number of nitrogens with zero attached hydrogens (tertiary/aromatic N) is 4. The van der Waals surface area contributed by atoms with Gasteiger partial charge in [-0.1, -0.05) is 23.9 Å². The normalized spacial score (nSPS) is 10.8. The van der Waals surface area contributed by atoms with Gasteiger partial charge in [0.05, 0.1) is 18.5 Å². The Morgan fingerprint density at radius 1 is 1.19 bits per heavy atom. The van der Waals surface area contributed by atoms with Crippen LogP contribution >= 0.6 is 23.1 Å². The molecule has 2 aromatic carbocycles. The van der Waals surface area contributed by atoms with E-state index in [0.717, 1.165) is 28.3 Å². The predicted molar refractivity (Wildman–Crippen MR) is 122 cm³/mol. The van der Waals surface area contributed by atoms with Crippen LogP contribution in [0, 0.1) is 6.92 Å². The summed E-state index contributed by atoms with van der Waals surface area (Å²) in [7, 11) is 1.62. The molecule has 4 rings (SSSR count). The van der Waals surface area contributed by atoms with Crippen LogP contribution < -0.4 is 9.64 Å². The molecule has 0 aliphatic carbocycles. The predicted octanol–water partition coefficient (Wildman–Crippen LogP) is 5.49. The minimum absolute atomic E-state index is 0.0832. The molecular formula is C22H20N4O3S2. The summed E-state index contributed by atoms with van der Waals surface area (Å²) in [6, 6.07) is 15.2. The minimum atomic E-state index is -0.0832. The molecule has 0 unspecified atom stereocenters. The van der Waals surface area contributed by atoms with Crippen molar-refractivity contribution in [2.24, 2.45) is 0 Å². The number of hydrogen-bond acceptors (Lipinski definition) is 8. The highest BCUT2D eigenvalue weighted by atomic mass is 32.2. The first kappa shape index (κ1) is 21.1. The minimum Gasteiger partial charge on any atom is -0.497 e. The van der Waals surface area contributed by atoms with Crippen molar-refractivity contribution < 1.29 is 13.9 Å². The van der Waals surface area contributed by atoms with Crippen LogP contribution in [-0.4, -0.2) is 28.2 Å². The van der Waals surface area contributed by atoms with Crippen LogP contribution in [0.25, 0.3) is 11.5 Å². The second kappa shape index (κ2) is 9.32. The fourth-order valence-corrected chi connectivity index (χ4v) is 4.56. The van der Waals surface area contributed by atoms with Gasteiger partial charge in [-0.05, 0) is 48.9 Å². The Kier molecular flexibility index (Phi) is 6.34. The Labute approximate surface area is 188 Å². The van der Waals surface area contributed by atoms with Gasteiger partial charge in [0.1, 0.15) is 5.75 Å². The van der Waals surface area contributed by atoms with E-state index >= 15 is 0 Å². The lowest BCUT2D eigenvalue weighted by molar-refractivity contribution is -0.115. The number of methoxy groups -OCH3 is 1. The molecule has 0 saturated carbocycles. The number of carbonyl (C=O) groups is 1. The summed E-state index contributed by atoms with van der Waals surface area (Å²) in [5.74, 6) is 1.69. The molecule has 7 nitrogen and oxygen atoms in total. The SMILES string of the molecule is COc1ccc(-c2nnc(SCc3csc(N(C(C)=O)c4cccc(C)c4)n3)o2)cc1. The van der Waals surface area contributed by atoms with E-state index in [-0.39, 0.29) is 5.91 Å². The Hall–Kier alpha value is -3.17. The monoisotopic (exact) mass is 452 g/mol. The highest BCUT2D eigenvalue weighted by Crippen LogP contribution is 2.32. The first-order valence-corrected chi connectivity index (χ1v) is 11.3. The van der Waals surface area contributed by atoms with Gasteiger partial charge in [0.2, 0.25) is 11.8 Å². The Bertz CT molecular complexity index is 1190. The number of carbonyl (C=O) groups excluding carboxylic acids is 1. The molecule has 9 heteroatoms. The topological polar surface area (TPSA) is 81.4 Å². The van der Waals surface area contributed by atoms with Crippen LogP contribution in [-0.2, 0) is 10.5 Å². The second-order valence-corrected chi connectivity index (χ2v) is 8.47. The van der Waals surface area contributed by atoms with Crippen LogP contribution in [0.2, 0.25) is 0 Å². The molecule has 2 aromatic heterocycles.